The van der Waals surface area contributed by atoms with Gasteiger partial charge in [-0.05, 0) is 67.6 Å². The highest BCUT2D eigenvalue weighted by molar-refractivity contribution is 6.30. The molecule has 3 rings (SSSR count). The summed E-state index contributed by atoms with van der Waals surface area (Å²) in [6, 6.07) is 17.0. The summed E-state index contributed by atoms with van der Waals surface area (Å²) in [5.41, 5.74) is 1.67. The fourth-order valence-corrected chi connectivity index (χ4v) is 2.48. The molecule has 0 aliphatic heterocycles. The van der Waals surface area contributed by atoms with Crippen molar-refractivity contribution in [3.05, 3.63) is 83.6 Å². The Morgan fingerprint density at radius 3 is 2.21 bits per heavy atom. The molecule has 0 aliphatic carbocycles. The average Bonchev–Trinajstić information content (AvgIpc) is 2.71. The summed E-state index contributed by atoms with van der Waals surface area (Å²) in [5, 5.41) is 6.14. The van der Waals surface area contributed by atoms with Crippen molar-refractivity contribution in [1.82, 2.24) is 4.98 Å². The lowest BCUT2D eigenvalue weighted by atomic mass is 10.2. The van der Waals surface area contributed by atoms with E-state index in [1.807, 2.05) is 0 Å². The number of anilines is 2. The van der Waals surface area contributed by atoms with Crippen LogP contribution in [0, 0.1) is 0 Å². The Balaban J connectivity index is 1.55. The molecule has 0 fully saturated rings. The largest absolute Gasteiger partial charge is 0.481 e. The zero-order chi connectivity index (χ0) is 19.9. The molecule has 1 aromatic heterocycles. The summed E-state index contributed by atoms with van der Waals surface area (Å²) in [7, 11) is 0. The summed E-state index contributed by atoms with van der Waals surface area (Å²) in [6.45, 7) is 1.66. The molecule has 2 aromatic carbocycles. The summed E-state index contributed by atoms with van der Waals surface area (Å²) >= 11 is 5.83. The molecule has 1 heterocycles. The Morgan fingerprint density at radius 1 is 0.964 bits per heavy atom. The molecule has 0 saturated carbocycles. The van der Waals surface area contributed by atoms with E-state index in [9.17, 15) is 9.59 Å². The van der Waals surface area contributed by atoms with Gasteiger partial charge in [0.05, 0.1) is 5.56 Å². The van der Waals surface area contributed by atoms with E-state index in [1.54, 1.807) is 73.8 Å². The number of halogens is 1. The molecule has 28 heavy (non-hydrogen) atoms. The Morgan fingerprint density at radius 2 is 1.61 bits per heavy atom. The number of pyridine rings is 1. The molecule has 1 unspecified atom stereocenters. The van der Waals surface area contributed by atoms with Crippen LogP contribution in [-0.4, -0.2) is 22.9 Å². The average molecular weight is 396 g/mol. The van der Waals surface area contributed by atoms with E-state index in [2.05, 4.69) is 15.6 Å². The topological polar surface area (TPSA) is 80.3 Å². The van der Waals surface area contributed by atoms with Crippen molar-refractivity contribution >= 4 is 34.8 Å². The molecule has 2 N–H and O–H groups in total. The van der Waals surface area contributed by atoms with Gasteiger partial charge in [0.15, 0.2) is 6.10 Å². The van der Waals surface area contributed by atoms with Crippen LogP contribution in [0.3, 0.4) is 0 Å². The van der Waals surface area contributed by atoms with Crippen LogP contribution in [0.15, 0.2) is 73.1 Å². The van der Waals surface area contributed by atoms with Crippen LogP contribution in [0.4, 0.5) is 11.4 Å². The molecule has 0 radical (unpaired) electrons. The molecule has 0 aliphatic rings. The highest BCUT2D eigenvalue weighted by atomic mass is 35.5. The van der Waals surface area contributed by atoms with Crippen molar-refractivity contribution in [3.8, 4) is 5.75 Å². The number of hydrogen-bond acceptors (Lipinski definition) is 4. The van der Waals surface area contributed by atoms with E-state index < -0.39 is 6.10 Å². The molecule has 3 aromatic rings. The van der Waals surface area contributed by atoms with E-state index in [0.29, 0.717) is 27.7 Å². The first-order valence-corrected chi connectivity index (χ1v) is 8.93. The van der Waals surface area contributed by atoms with Crippen molar-refractivity contribution in [3.63, 3.8) is 0 Å². The van der Waals surface area contributed by atoms with Gasteiger partial charge in [-0.15, -0.1) is 0 Å². The lowest BCUT2D eigenvalue weighted by Gasteiger charge is -2.15. The van der Waals surface area contributed by atoms with E-state index >= 15 is 0 Å². The van der Waals surface area contributed by atoms with Crippen molar-refractivity contribution in [1.29, 1.82) is 0 Å². The predicted octanol–water partition coefficient (Wildman–Crippen LogP) is 4.39. The van der Waals surface area contributed by atoms with Gasteiger partial charge in [0.2, 0.25) is 0 Å². The van der Waals surface area contributed by atoms with Crippen LogP contribution in [0.5, 0.6) is 5.75 Å². The number of hydrogen-bond donors (Lipinski definition) is 2. The smallest absolute Gasteiger partial charge is 0.265 e. The van der Waals surface area contributed by atoms with Crippen molar-refractivity contribution < 1.29 is 14.3 Å². The first-order valence-electron chi connectivity index (χ1n) is 8.56. The Kier molecular flexibility index (Phi) is 6.24. The van der Waals surface area contributed by atoms with Gasteiger partial charge in [-0.2, -0.15) is 0 Å². The van der Waals surface area contributed by atoms with Gasteiger partial charge < -0.3 is 15.4 Å². The first-order chi connectivity index (χ1) is 13.5. The zero-order valence-corrected chi connectivity index (χ0v) is 15.8. The Hall–Kier alpha value is -3.38. The minimum Gasteiger partial charge on any atom is -0.481 e. The normalized spacial score (nSPS) is 11.4. The van der Waals surface area contributed by atoms with Gasteiger partial charge in [-0.3, -0.25) is 14.6 Å². The second kappa shape index (κ2) is 9.01. The maximum absolute atomic E-state index is 12.3. The fourth-order valence-electron chi connectivity index (χ4n) is 2.35. The second-order valence-electron chi connectivity index (χ2n) is 5.98. The Labute approximate surface area is 167 Å². The molecular weight excluding hydrogens is 378 g/mol. The molecule has 142 valence electrons. The third kappa shape index (κ3) is 5.31. The van der Waals surface area contributed by atoms with Crippen molar-refractivity contribution in [2.24, 2.45) is 0 Å². The maximum Gasteiger partial charge on any atom is 0.265 e. The number of nitrogens with one attached hydrogen (secondary N) is 2. The third-order valence-electron chi connectivity index (χ3n) is 3.83. The van der Waals surface area contributed by atoms with Crippen LogP contribution in [0.25, 0.3) is 0 Å². The Bertz CT molecular complexity index is 945. The number of rotatable bonds is 6. The predicted molar refractivity (Wildman–Crippen MR) is 109 cm³/mol. The number of aromatic nitrogens is 1. The lowest BCUT2D eigenvalue weighted by molar-refractivity contribution is -0.122. The quantitative estimate of drug-likeness (QED) is 0.648. The van der Waals surface area contributed by atoms with Crippen LogP contribution in [0.1, 0.15) is 17.3 Å². The van der Waals surface area contributed by atoms with Crippen LogP contribution >= 0.6 is 11.6 Å². The van der Waals surface area contributed by atoms with E-state index in [-0.39, 0.29) is 11.8 Å². The lowest BCUT2D eigenvalue weighted by Crippen LogP contribution is -2.30. The molecule has 1 atom stereocenters. The van der Waals surface area contributed by atoms with Gasteiger partial charge >= 0.3 is 0 Å². The van der Waals surface area contributed by atoms with E-state index in [1.165, 1.54) is 6.20 Å². The second-order valence-corrected chi connectivity index (χ2v) is 6.41. The molecule has 0 spiro atoms. The number of nitrogens with zero attached hydrogens (tertiary/aromatic N) is 1. The van der Waals surface area contributed by atoms with Gasteiger partial charge in [-0.25, -0.2) is 0 Å². The SMILES string of the molecule is CC(Oc1ccc(Cl)cc1)C(=O)Nc1ccc(NC(=O)c2cccnc2)cc1. The standard InChI is InChI=1S/C21H18ClN3O3/c1-14(28-19-10-4-16(22)5-11-19)20(26)24-17-6-8-18(9-7-17)25-21(27)15-3-2-12-23-13-15/h2-14H,1H3,(H,24,26)(H,25,27). The monoisotopic (exact) mass is 395 g/mol. The van der Waals surface area contributed by atoms with Gasteiger partial charge in [0.25, 0.3) is 11.8 Å². The van der Waals surface area contributed by atoms with Crippen LogP contribution < -0.4 is 15.4 Å². The summed E-state index contributed by atoms with van der Waals surface area (Å²) < 4.78 is 5.60. The van der Waals surface area contributed by atoms with E-state index in [4.69, 9.17) is 16.3 Å². The van der Waals surface area contributed by atoms with Crippen LogP contribution in [0.2, 0.25) is 5.02 Å². The number of carbonyl (C=O) groups excluding carboxylic acids is 2. The van der Waals surface area contributed by atoms with Crippen molar-refractivity contribution in [2.45, 2.75) is 13.0 Å². The number of ether oxygens (including phenoxy) is 1. The zero-order valence-electron chi connectivity index (χ0n) is 15.1. The maximum atomic E-state index is 12.3. The molecule has 0 bridgehead atoms. The molecular formula is C21H18ClN3O3. The fraction of sp³-hybridized carbons (Fsp3) is 0.0952. The molecule has 7 heteroatoms. The molecule has 2 amide bonds. The van der Waals surface area contributed by atoms with E-state index in [0.717, 1.165) is 0 Å². The van der Waals surface area contributed by atoms with Gasteiger partial charge in [0, 0.05) is 28.8 Å². The minimum atomic E-state index is -0.689. The highest BCUT2D eigenvalue weighted by Gasteiger charge is 2.15. The summed E-state index contributed by atoms with van der Waals surface area (Å²) in [6.07, 6.45) is 2.41. The summed E-state index contributed by atoms with van der Waals surface area (Å²) in [4.78, 5) is 28.3. The number of amides is 2. The highest BCUT2D eigenvalue weighted by Crippen LogP contribution is 2.18. The molecule has 6 nitrogen and oxygen atoms in total. The number of benzene rings is 2. The van der Waals surface area contributed by atoms with Crippen LogP contribution in [-0.2, 0) is 4.79 Å². The van der Waals surface area contributed by atoms with Gasteiger partial charge in [0.1, 0.15) is 5.75 Å². The number of carbonyl (C=O) groups is 2. The molecule has 0 saturated heterocycles. The van der Waals surface area contributed by atoms with Crippen molar-refractivity contribution in [2.75, 3.05) is 10.6 Å². The first kappa shape index (κ1) is 19.4. The minimum absolute atomic E-state index is 0.255. The third-order valence-corrected chi connectivity index (χ3v) is 4.08. The summed E-state index contributed by atoms with van der Waals surface area (Å²) in [5.74, 6) is 0.0116. The van der Waals surface area contributed by atoms with Gasteiger partial charge in [-0.1, -0.05) is 11.6 Å².